The van der Waals surface area contributed by atoms with Crippen LogP contribution < -0.4 is 9.47 Å². The van der Waals surface area contributed by atoms with Gasteiger partial charge in [0, 0.05) is 4.88 Å². The van der Waals surface area contributed by atoms with Crippen molar-refractivity contribution in [2.24, 2.45) is 0 Å². The van der Waals surface area contributed by atoms with Crippen molar-refractivity contribution in [3.63, 3.8) is 0 Å². The van der Waals surface area contributed by atoms with Crippen LogP contribution in [0.5, 0.6) is 10.8 Å². The lowest BCUT2D eigenvalue weighted by Gasteiger charge is -2.03. The largest absolute Gasteiger partial charge is 0.497 e. The molecule has 1 heterocycles. The topological polar surface area (TPSA) is 18.5 Å². The first kappa shape index (κ1) is 13.7. The summed E-state index contributed by atoms with van der Waals surface area (Å²) >= 11 is 1.68. The van der Waals surface area contributed by atoms with Gasteiger partial charge in [-0.15, -0.1) is 0 Å². The molecule has 2 nitrogen and oxygen atoms in total. The minimum Gasteiger partial charge on any atom is -0.497 e. The van der Waals surface area contributed by atoms with Crippen molar-refractivity contribution in [3.05, 3.63) is 46.8 Å². The summed E-state index contributed by atoms with van der Waals surface area (Å²) in [6.45, 7) is 2.17. The molecule has 0 N–H and O–H groups in total. The number of hydrogen-bond acceptors (Lipinski definition) is 3. The summed E-state index contributed by atoms with van der Waals surface area (Å²) in [5.41, 5.74) is 2.50. The summed E-state index contributed by atoms with van der Waals surface area (Å²) < 4.78 is 10.4. The van der Waals surface area contributed by atoms with E-state index in [1.165, 1.54) is 16.0 Å². The number of rotatable bonds is 5. The first-order valence-corrected chi connectivity index (χ1v) is 7.07. The molecular formula is C16H18O2S. The van der Waals surface area contributed by atoms with Crippen LogP contribution in [0.2, 0.25) is 0 Å². The summed E-state index contributed by atoms with van der Waals surface area (Å²) in [7, 11) is 3.38. The summed E-state index contributed by atoms with van der Waals surface area (Å²) in [6.07, 6.45) is 3.21. The van der Waals surface area contributed by atoms with Crippen molar-refractivity contribution in [3.8, 4) is 10.8 Å². The lowest BCUT2D eigenvalue weighted by molar-refractivity contribution is 0.415. The van der Waals surface area contributed by atoms with E-state index in [0.717, 1.165) is 17.2 Å². The molecule has 0 radical (unpaired) electrons. The summed E-state index contributed by atoms with van der Waals surface area (Å²) in [5.74, 6) is 0.882. The van der Waals surface area contributed by atoms with Gasteiger partial charge in [-0.2, -0.15) is 0 Å². The van der Waals surface area contributed by atoms with E-state index in [4.69, 9.17) is 9.47 Å². The Labute approximate surface area is 118 Å². The molecule has 1 aromatic heterocycles. The molecule has 0 saturated heterocycles. The summed E-state index contributed by atoms with van der Waals surface area (Å²) in [4.78, 5) is 1.26. The molecule has 2 aromatic rings. The second-order valence-corrected chi connectivity index (χ2v) is 5.17. The number of allylic oxidation sites excluding steroid dienone is 1. The number of thiophene rings is 1. The molecule has 0 bridgehead atoms. The van der Waals surface area contributed by atoms with Crippen LogP contribution in [0.3, 0.4) is 0 Å². The zero-order valence-corrected chi connectivity index (χ0v) is 12.3. The molecule has 0 fully saturated rings. The number of ether oxygens (including phenoxy) is 2. The maximum Gasteiger partial charge on any atom is 0.173 e. The van der Waals surface area contributed by atoms with Crippen LogP contribution in [-0.2, 0) is 0 Å². The molecule has 100 valence electrons. The molecule has 3 heteroatoms. The quantitative estimate of drug-likeness (QED) is 0.785. The number of benzene rings is 1. The number of hydrogen-bond donors (Lipinski definition) is 0. The predicted octanol–water partition coefficient (Wildman–Crippen LogP) is 4.72. The van der Waals surface area contributed by atoms with Crippen molar-refractivity contribution >= 4 is 23.0 Å². The van der Waals surface area contributed by atoms with Crippen molar-refractivity contribution in [2.75, 3.05) is 14.2 Å². The Morgan fingerprint density at radius 3 is 2.32 bits per heavy atom. The van der Waals surface area contributed by atoms with Crippen LogP contribution in [0.15, 0.2) is 36.4 Å². The van der Waals surface area contributed by atoms with Gasteiger partial charge in [-0.05, 0) is 41.8 Å². The van der Waals surface area contributed by atoms with Gasteiger partial charge in [0.05, 0.1) is 14.2 Å². The Bertz CT molecular complexity index is 552. The highest BCUT2D eigenvalue weighted by molar-refractivity contribution is 7.15. The van der Waals surface area contributed by atoms with E-state index in [-0.39, 0.29) is 0 Å². The van der Waals surface area contributed by atoms with Crippen LogP contribution in [0.4, 0.5) is 0 Å². The van der Waals surface area contributed by atoms with Gasteiger partial charge in [0.15, 0.2) is 5.06 Å². The minimum atomic E-state index is 0.882. The smallest absolute Gasteiger partial charge is 0.173 e. The monoisotopic (exact) mass is 274 g/mol. The van der Waals surface area contributed by atoms with Crippen LogP contribution in [0, 0.1) is 0 Å². The molecule has 1 aromatic carbocycles. The van der Waals surface area contributed by atoms with Crippen molar-refractivity contribution in [1.82, 2.24) is 0 Å². The lowest BCUT2D eigenvalue weighted by Crippen LogP contribution is -1.83. The van der Waals surface area contributed by atoms with Crippen LogP contribution >= 0.6 is 11.3 Å². The average Bonchev–Trinajstić information content (AvgIpc) is 2.94. The lowest BCUT2D eigenvalue weighted by atomic mass is 10.1. The third-order valence-corrected chi connectivity index (χ3v) is 4.06. The fourth-order valence-corrected chi connectivity index (χ4v) is 2.76. The van der Waals surface area contributed by atoms with E-state index in [1.54, 1.807) is 25.6 Å². The van der Waals surface area contributed by atoms with E-state index >= 15 is 0 Å². The summed E-state index contributed by atoms with van der Waals surface area (Å²) in [6, 6.07) is 12.2. The molecule has 19 heavy (non-hydrogen) atoms. The molecule has 0 atom stereocenters. The second kappa shape index (κ2) is 6.43. The minimum absolute atomic E-state index is 0.882. The van der Waals surface area contributed by atoms with Gasteiger partial charge in [0.2, 0.25) is 0 Å². The van der Waals surface area contributed by atoms with Gasteiger partial charge in [-0.25, -0.2) is 0 Å². The van der Waals surface area contributed by atoms with Crippen LogP contribution in [0.25, 0.3) is 11.6 Å². The molecule has 0 aliphatic carbocycles. The highest BCUT2D eigenvalue weighted by atomic mass is 32.1. The Hall–Kier alpha value is -1.74. The van der Waals surface area contributed by atoms with Crippen LogP contribution in [-0.4, -0.2) is 14.2 Å². The van der Waals surface area contributed by atoms with E-state index in [1.807, 2.05) is 18.2 Å². The SMILES string of the molecule is CC/C(=C/c1ccc(OC)cc1)c1ccc(OC)s1. The highest BCUT2D eigenvalue weighted by Gasteiger charge is 2.04. The number of methoxy groups -OCH3 is 2. The molecule has 0 unspecified atom stereocenters. The standard InChI is InChI=1S/C16H18O2S/c1-4-13(15-9-10-16(18-3)19-15)11-12-5-7-14(17-2)8-6-12/h5-11H,4H2,1-3H3/b13-11-. The highest BCUT2D eigenvalue weighted by Crippen LogP contribution is 2.32. The molecular weight excluding hydrogens is 256 g/mol. The first-order valence-electron chi connectivity index (χ1n) is 6.25. The van der Waals surface area contributed by atoms with Crippen molar-refractivity contribution in [2.45, 2.75) is 13.3 Å². The Balaban J connectivity index is 2.26. The summed E-state index contributed by atoms with van der Waals surface area (Å²) in [5, 5.41) is 0.948. The molecule has 0 spiro atoms. The van der Waals surface area contributed by atoms with Gasteiger partial charge in [0.1, 0.15) is 5.75 Å². The van der Waals surface area contributed by atoms with E-state index in [0.29, 0.717) is 0 Å². The zero-order valence-electron chi connectivity index (χ0n) is 11.5. The van der Waals surface area contributed by atoms with Gasteiger partial charge in [-0.3, -0.25) is 0 Å². The zero-order chi connectivity index (χ0) is 13.7. The van der Waals surface area contributed by atoms with Gasteiger partial charge >= 0.3 is 0 Å². The van der Waals surface area contributed by atoms with Crippen LogP contribution in [0.1, 0.15) is 23.8 Å². The van der Waals surface area contributed by atoms with Gasteiger partial charge in [0.25, 0.3) is 0 Å². The molecule has 0 aliphatic heterocycles. The molecule has 0 saturated carbocycles. The Morgan fingerprint density at radius 2 is 1.79 bits per heavy atom. The Kier molecular flexibility index (Phi) is 4.63. The van der Waals surface area contributed by atoms with Gasteiger partial charge in [-0.1, -0.05) is 36.5 Å². The van der Waals surface area contributed by atoms with E-state index in [2.05, 4.69) is 31.2 Å². The normalized spacial score (nSPS) is 11.4. The predicted molar refractivity (Wildman–Crippen MR) is 82.0 cm³/mol. The first-order chi connectivity index (χ1) is 9.26. The van der Waals surface area contributed by atoms with E-state index < -0.39 is 0 Å². The Morgan fingerprint density at radius 1 is 1.05 bits per heavy atom. The van der Waals surface area contributed by atoms with E-state index in [9.17, 15) is 0 Å². The van der Waals surface area contributed by atoms with Crippen molar-refractivity contribution in [1.29, 1.82) is 0 Å². The van der Waals surface area contributed by atoms with Crippen molar-refractivity contribution < 1.29 is 9.47 Å². The molecule has 0 aliphatic rings. The third kappa shape index (κ3) is 3.38. The fourth-order valence-electron chi connectivity index (χ4n) is 1.85. The maximum absolute atomic E-state index is 5.24. The second-order valence-electron chi connectivity index (χ2n) is 4.12. The average molecular weight is 274 g/mol. The third-order valence-electron chi connectivity index (χ3n) is 2.94. The molecule has 2 rings (SSSR count). The maximum atomic E-state index is 5.24. The fraction of sp³-hybridized carbons (Fsp3) is 0.250. The molecule has 0 amide bonds. The van der Waals surface area contributed by atoms with Gasteiger partial charge < -0.3 is 9.47 Å².